The number of likely N-dealkylation sites (N-methyl/N-ethyl adjacent to an activating group) is 2. The summed E-state index contributed by atoms with van der Waals surface area (Å²) < 4.78 is 10.5. The molecule has 2 rings (SSSR count). The number of halogens is 3. The van der Waals surface area contributed by atoms with Gasteiger partial charge in [0.05, 0.1) is 34.9 Å². The molecule has 0 aromatic carbocycles. The first kappa shape index (κ1) is 27.7. The highest BCUT2D eigenvalue weighted by Crippen LogP contribution is 2.26. The van der Waals surface area contributed by atoms with Gasteiger partial charge in [0.1, 0.15) is 11.5 Å². The largest absolute Gasteiger partial charge is 0.482 e. The quantitative estimate of drug-likeness (QED) is 0.548. The number of rotatable bonds is 8. The molecule has 9 nitrogen and oxygen atoms in total. The lowest BCUT2D eigenvalue weighted by molar-refractivity contribution is -0.131. The Morgan fingerprint density at radius 1 is 0.844 bits per heavy atom. The first-order valence-corrected chi connectivity index (χ1v) is 10.5. The van der Waals surface area contributed by atoms with Gasteiger partial charge < -0.3 is 24.4 Å². The molecule has 0 saturated heterocycles. The van der Waals surface area contributed by atoms with Gasteiger partial charge in [-0.05, 0) is 0 Å². The normalized spacial score (nSPS) is 10.0. The third-order valence-corrected chi connectivity index (χ3v) is 4.84. The van der Waals surface area contributed by atoms with Crippen molar-refractivity contribution in [3.8, 4) is 11.5 Å². The van der Waals surface area contributed by atoms with Gasteiger partial charge in [-0.25, -0.2) is 0 Å². The maximum Gasteiger partial charge on any atom is 0.259 e. The van der Waals surface area contributed by atoms with Crippen molar-refractivity contribution in [2.45, 2.75) is 12.5 Å². The average Bonchev–Trinajstić information content (AvgIpc) is 2.76. The summed E-state index contributed by atoms with van der Waals surface area (Å²) in [4.78, 5) is 33.2. The fourth-order valence-corrected chi connectivity index (χ4v) is 2.73. The van der Waals surface area contributed by atoms with E-state index in [1.165, 1.54) is 34.6 Å². The van der Waals surface area contributed by atoms with Gasteiger partial charge in [-0.1, -0.05) is 23.2 Å². The molecule has 0 fully saturated rings. The van der Waals surface area contributed by atoms with Crippen LogP contribution in [0.4, 0.5) is 0 Å². The number of aliphatic hydroxyl groups is 1. The Balaban J connectivity index is 0.000000320. The predicted octanol–water partition coefficient (Wildman–Crippen LogP) is 2.64. The van der Waals surface area contributed by atoms with Gasteiger partial charge in [0.15, 0.2) is 13.2 Å². The van der Waals surface area contributed by atoms with Crippen LogP contribution in [-0.4, -0.2) is 78.1 Å². The van der Waals surface area contributed by atoms with Crippen LogP contribution in [0.2, 0.25) is 10.0 Å². The number of alkyl halides is 1. The smallest absolute Gasteiger partial charge is 0.259 e. The van der Waals surface area contributed by atoms with E-state index in [1.54, 1.807) is 28.2 Å². The van der Waals surface area contributed by atoms with Gasteiger partial charge in [-0.3, -0.25) is 19.6 Å². The van der Waals surface area contributed by atoms with Crippen molar-refractivity contribution in [1.82, 2.24) is 19.8 Å². The standard InChI is InChI=1S/C10H12Cl2N2O2.C10H13ClN2O3/c1-14(2)10(15)6-16-9-5-13-4-8(12)7(9)3-11;1-13(2)10(15)6-16-9-4-12-3-8(11)7(9)5-14/h4-5H,3,6H2,1-2H3;3-4,14H,5-6H2,1-2H3. The zero-order valence-corrected chi connectivity index (χ0v) is 20.4. The zero-order valence-electron chi connectivity index (χ0n) is 18.1. The van der Waals surface area contributed by atoms with E-state index in [2.05, 4.69) is 9.97 Å². The van der Waals surface area contributed by atoms with E-state index in [9.17, 15) is 9.59 Å². The molecule has 12 heteroatoms. The number of aromatic nitrogens is 2. The molecule has 2 amide bonds. The summed E-state index contributed by atoms with van der Waals surface area (Å²) in [6.07, 6.45) is 5.81. The molecule has 0 aliphatic carbocycles. The average molecular weight is 508 g/mol. The highest BCUT2D eigenvalue weighted by molar-refractivity contribution is 6.32. The molecule has 0 radical (unpaired) electrons. The molecule has 1 N–H and O–H groups in total. The molecule has 2 aromatic heterocycles. The van der Waals surface area contributed by atoms with Crippen molar-refractivity contribution >= 4 is 46.6 Å². The van der Waals surface area contributed by atoms with Crippen LogP contribution >= 0.6 is 34.8 Å². The molecule has 0 atom stereocenters. The Bertz CT molecular complexity index is 839. The minimum atomic E-state index is -0.257. The zero-order chi connectivity index (χ0) is 24.3. The molecule has 2 aromatic rings. The van der Waals surface area contributed by atoms with Crippen LogP contribution in [0.5, 0.6) is 11.5 Å². The second kappa shape index (κ2) is 13.9. The van der Waals surface area contributed by atoms with Crippen molar-refractivity contribution in [2.75, 3.05) is 41.4 Å². The minimum absolute atomic E-state index is 0.0566. The number of carbonyl (C=O) groups is 2. The SMILES string of the molecule is CN(C)C(=O)COc1cncc(Cl)c1CCl.CN(C)C(=O)COc1cncc(Cl)c1CO. The Morgan fingerprint density at radius 3 is 1.62 bits per heavy atom. The summed E-state index contributed by atoms with van der Waals surface area (Å²) in [5.41, 5.74) is 1.08. The van der Waals surface area contributed by atoms with Gasteiger partial charge >= 0.3 is 0 Å². The van der Waals surface area contributed by atoms with Crippen LogP contribution in [0.15, 0.2) is 24.8 Å². The fraction of sp³-hybridized carbons (Fsp3) is 0.400. The first-order valence-electron chi connectivity index (χ1n) is 9.19. The predicted molar refractivity (Wildman–Crippen MR) is 122 cm³/mol. The second-order valence-corrected chi connectivity index (χ2v) is 7.72. The molecule has 32 heavy (non-hydrogen) atoms. The minimum Gasteiger partial charge on any atom is -0.482 e. The summed E-state index contributed by atoms with van der Waals surface area (Å²) in [7, 11) is 6.58. The van der Waals surface area contributed by atoms with Crippen molar-refractivity contribution in [3.63, 3.8) is 0 Å². The molecule has 0 saturated carbocycles. The Labute approximate surface area is 201 Å². The lowest BCUT2D eigenvalue weighted by Gasteiger charge is -2.13. The lowest BCUT2D eigenvalue weighted by atomic mass is 10.2. The van der Waals surface area contributed by atoms with Gasteiger partial charge in [-0.2, -0.15) is 0 Å². The van der Waals surface area contributed by atoms with Crippen LogP contribution in [0, 0.1) is 0 Å². The summed E-state index contributed by atoms with van der Waals surface area (Å²) >= 11 is 17.4. The Morgan fingerprint density at radius 2 is 1.25 bits per heavy atom. The molecule has 0 aliphatic rings. The van der Waals surface area contributed by atoms with Crippen LogP contribution < -0.4 is 9.47 Å². The first-order chi connectivity index (χ1) is 15.1. The van der Waals surface area contributed by atoms with Crippen LogP contribution in [-0.2, 0) is 22.1 Å². The summed E-state index contributed by atoms with van der Waals surface area (Å²) in [6.45, 7) is -0.423. The highest BCUT2D eigenvalue weighted by Gasteiger charge is 2.12. The lowest BCUT2D eigenvalue weighted by Crippen LogP contribution is -2.27. The number of nitrogens with zero attached hydrogens (tertiary/aromatic N) is 4. The van der Waals surface area contributed by atoms with Crippen molar-refractivity contribution in [3.05, 3.63) is 46.0 Å². The van der Waals surface area contributed by atoms with Crippen LogP contribution in [0.3, 0.4) is 0 Å². The van der Waals surface area contributed by atoms with E-state index in [1.807, 2.05) is 0 Å². The topological polar surface area (TPSA) is 105 Å². The molecule has 0 spiro atoms. The second-order valence-electron chi connectivity index (χ2n) is 6.64. The number of ether oxygens (including phenoxy) is 2. The molecule has 0 aliphatic heterocycles. The van der Waals surface area contributed by atoms with E-state index < -0.39 is 0 Å². The number of amides is 2. The van der Waals surface area contributed by atoms with E-state index in [-0.39, 0.29) is 37.5 Å². The number of pyridine rings is 2. The van der Waals surface area contributed by atoms with Gasteiger partial charge in [0.2, 0.25) is 0 Å². The van der Waals surface area contributed by atoms with Crippen molar-refractivity contribution < 1.29 is 24.2 Å². The number of carbonyl (C=O) groups excluding carboxylic acids is 2. The molecular formula is C20H25Cl3N4O5. The van der Waals surface area contributed by atoms with Crippen molar-refractivity contribution in [1.29, 1.82) is 0 Å². The molecule has 0 unspecified atom stereocenters. The molecule has 176 valence electrons. The van der Waals surface area contributed by atoms with E-state index in [0.717, 1.165) is 0 Å². The molecular weight excluding hydrogens is 483 g/mol. The van der Waals surface area contributed by atoms with E-state index >= 15 is 0 Å². The Hall–Kier alpha value is -2.33. The number of hydrogen-bond donors (Lipinski definition) is 1. The van der Waals surface area contributed by atoms with Gasteiger partial charge in [0, 0.05) is 51.7 Å². The third-order valence-electron chi connectivity index (χ3n) is 3.92. The van der Waals surface area contributed by atoms with E-state index in [4.69, 9.17) is 49.4 Å². The molecule has 2 heterocycles. The summed E-state index contributed by atoms with van der Waals surface area (Å²) in [5, 5.41) is 9.84. The van der Waals surface area contributed by atoms with Crippen LogP contribution in [0.25, 0.3) is 0 Å². The number of aliphatic hydroxyl groups excluding tert-OH is 1. The maximum atomic E-state index is 11.3. The fourth-order valence-electron chi connectivity index (χ4n) is 1.96. The summed E-state index contributed by atoms with van der Waals surface area (Å²) in [5.74, 6) is 0.666. The Kier molecular flexibility index (Phi) is 12.1. The van der Waals surface area contributed by atoms with Gasteiger partial charge in [-0.15, -0.1) is 11.6 Å². The highest BCUT2D eigenvalue weighted by atomic mass is 35.5. The van der Waals surface area contributed by atoms with Gasteiger partial charge in [0.25, 0.3) is 11.8 Å². The summed E-state index contributed by atoms with van der Waals surface area (Å²) in [6, 6.07) is 0. The van der Waals surface area contributed by atoms with E-state index in [0.29, 0.717) is 32.7 Å². The third kappa shape index (κ3) is 8.66. The molecule has 0 bridgehead atoms. The van der Waals surface area contributed by atoms with Crippen molar-refractivity contribution in [2.24, 2.45) is 0 Å². The number of hydrogen-bond acceptors (Lipinski definition) is 7. The monoisotopic (exact) mass is 506 g/mol. The van der Waals surface area contributed by atoms with Crippen LogP contribution in [0.1, 0.15) is 11.1 Å². The maximum absolute atomic E-state index is 11.3.